The van der Waals surface area contributed by atoms with Gasteiger partial charge in [0.2, 0.25) is 15.9 Å². The summed E-state index contributed by atoms with van der Waals surface area (Å²) in [6.45, 7) is 0.553. The fourth-order valence-corrected chi connectivity index (χ4v) is 4.11. The van der Waals surface area contributed by atoms with E-state index >= 15 is 0 Å². The van der Waals surface area contributed by atoms with Gasteiger partial charge in [-0.25, -0.2) is 12.7 Å². The summed E-state index contributed by atoms with van der Waals surface area (Å²) in [4.78, 5) is 12.4. The van der Waals surface area contributed by atoms with Gasteiger partial charge in [-0.3, -0.25) is 10.1 Å². The van der Waals surface area contributed by atoms with Crippen molar-refractivity contribution < 1.29 is 17.6 Å². The van der Waals surface area contributed by atoms with Crippen LogP contribution in [-0.2, 0) is 14.8 Å². The van der Waals surface area contributed by atoms with E-state index in [9.17, 15) is 13.2 Å². The summed E-state index contributed by atoms with van der Waals surface area (Å²) in [7, 11) is -3.33. The normalized spacial score (nSPS) is 18.7. The standard InChI is InChI=1S/C15H16Cl2N4O4S/c1-26(23,24)21-6-2-3-9(8-21)13(22)18-15-20-19-14(25-15)11-5-4-10(16)7-12(11)17/h4-5,7,9H,2-3,6,8H2,1H3,(H,18,20,22). The van der Waals surface area contributed by atoms with Crippen LogP contribution in [0.25, 0.3) is 11.5 Å². The van der Waals surface area contributed by atoms with Crippen LogP contribution >= 0.6 is 23.2 Å². The maximum absolute atomic E-state index is 12.4. The first kappa shape index (κ1) is 19.1. The Bertz CT molecular complexity index is 931. The molecule has 11 heteroatoms. The lowest BCUT2D eigenvalue weighted by Crippen LogP contribution is -2.43. The van der Waals surface area contributed by atoms with Gasteiger partial charge in [-0.05, 0) is 31.0 Å². The third kappa shape index (κ3) is 4.35. The molecule has 1 fully saturated rings. The smallest absolute Gasteiger partial charge is 0.322 e. The van der Waals surface area contributed by atoms with E-state index in [1.165, 1.54) is 4.31 Å². The minimum Gasteiger partial charge on any atom is -0.403 e. The maximum atomic E-state index is 12.4. The average Bonchev–Trinajstić information content (AvgIpc) is 3.02. The number of sulfonamides is 1. The predicted molar refractivity (Wildman–Crippen MR) is 97.5 cm³/mol. The first-order valence-electron chi connectivity index (χ1n) is 7.79. The summed E-state index contributed by atoms with van der Waals surface area (Å²) in [5, 5.41) is 11.0. The highest BCUT2D eigenvalue weighted by atomic mass is 35.5. The molecule has 0 bridgehead atoms. The number of benzene rings is 1. The Kier molecular flexibility index (Phi) is 5.52. The van der Waals surface area contributed by atoms with Gasteiger partial charge >= 0.3 is 6.01 Å². The van der Waals surface area contributed by atoms with Gasteiger partial charge in [-0.1, -0.05) is 28.3 Å². The topological polar surface area (TPSA) is 105 Å². The number of amides is 1. The molecule has 1 saturated heterocycles. The molecule has 3 rings (SSSR count). The molecule has 140 valence electrons. The molecule has 8 nitrogen and oxygen atoms in total. The molecule has 1 atom stereocenters. The number of piperidine rings is 1. The van der Waals surface area contributed by atoms with E-state index in [4.69, 9.17) is 27.6 Å². The molecule has 1 aliphatic rings. The number of hydrogen-bond acceptors (Lipinski definition) is 6. The molecule has 26 heavy (non-hydrogen) atoms. The van der Waals surface area contributed by atoms with Gasteiger partial charge in [0, 0.05) is 18.1 Å². The molecule has 0 saturated carbocycles. The van der Waals surface area contributed by atoms with Gasteiger partial charge < -0.3 is 4.42 Å². The monoisotopic (exact) mass is 418 g/mol. The van der Waals surface area contributed by atoms with E-state index in [2.05, 4.69) is 15.5 Å². The second-order valence-electron chi connectivity index (χ2n) is 5.99. The van der Waals surface area contributed by atoms with Crippen molar-refractivity contribution in [3.63, 3.8) is 0 Å². The first-order valence-corrected chi connectivity index (χ1v) is 10.4. The van der Waals surface area contributed by atoms with Crippen LogP contribution in [0.5, 0.6) is 0 Å². The molecule has 1 aliphatic heterocycles. The number of hydrogen-bond donors (Lipinski definition) is 1. The quantitative estimate of drug-likeness (QED) is 0.817. The van der Waals surface area contributed by atoms with Crippen molar-refractivity contribution in [2.45, 2.75) is 12.8 Å². The predicted octanol–water partition coefficient (Wildman–Crippen LogP) is 2.65. The molecule has 1 N–H and O–H groups in total. The largest absolute Gasteiger partial charge is 0.403 e. The van der Waals surface area contributed by atoms with Crippen LogP contribution in [0.1, 0.15) is 12.8 Å². The molecule has 0 aliphatic carbocycles. The average molecular weight is 419 g/mol. The number of halogens is 2. The summed E-state index contributed by atoms with van der Waals surface area (Å²) in [5.74, 6) is -0.702. The molecular formula is C15H16Cl2N4O4S. The minimum atomic E-state index is -3.33. The van der Waals surface area contributed by atoms with Gasteiger partial charge in [-0.2, -0.15) is 0 Å². The van der Waals surface area contributed by atoms with E-state index < -0.39 is 15.9 Å². The highest BCUT2D eigenvalue weighted by Crippen LogP contribution is 2.30. The van der Waals surface area contributed by atoms with Gasteiger partial charge in [-0.15, -0.1) is 5.10 Å². The zero-order valence-corrected chi connectivity index (χ0v) is 16.1. The number of rotatable bonds is 4. The number of aromatic nitrogens is 2. The Labute approximate surface area is 160 Å². The Morgan fingerprint density at radius 2 is 2.12 bits per heavy atom. The van der Waals surface area contributed by atoms with Gasteiger partial charge in [0.1, 0.15) is 0 Å². The molecule has 0 radical (unpaired) electrons. The van der Waals surface area contributed by atoms with E-state index in [1.54, 1.807) is 18.2 Å². The minimum absolute atomic E-state index is 0.0764. The number of carbonyl (C=O) groups excluding carboxylic acids is 1. The Morgan fingerprint density at radius 1 is 1.35 bits per heavy atom. The Morgan fingerprint density at radius 3 is 2.81 bits per heavy atom. The third-order valence-electron chi connectivity index (χ3n) is 4.04. The number of nitrogens with zero attached hydrogens (tertiary/aromatic N) is 3. The van der Waals surface area contributed by atoms with E-state index in [1.807, 2.05) is 0 Å². The molecule has 0 spiro atoms. The zero-order valence-electron chi connectivity index (χ0n) is 13.8. The van der Waals surface area contributed by atoms with E-state index in [0.29, 0.717) is 35.0 Å². The molecule has 2 heterocycles. The van der Waals surface area contributed by atoms with Crippen LogP contribution < -0.4 is 5.32 Å². The van der Waals surface area contributed by atoms with Crippen molar-refractivity contribution in [1.29, 1.82) is 0 Å². The number of nitrogens with one attached hydrogen (secondary N) is 1. The molecule has 1 amide bonds. The molecule has 1 unspecified atom stereocenters. The van der Waals surface area contributed by atoms with Crippen LogP contribution in [0.4, 0.5) is 6.01 Å². The van der Waals surface area contributed by atoms with E-state index in [-0.39, 0.29) is 24.4 Å². The molecule has 1 aromatic carbocycles. The lowest BCUT2D eigenvalue weighted by molar-refractivity contribution is -0.121. The highest BCUT2D eigenvalue weighted by Gasteiger charge is 2.31. The van der Waals surface area contributed by atoms with Crippen molar-refractivity contribution in [2.24, 2.45) is 5.92 Å². The van der Waals surface area contributed by atoms with Crippen molar-refractivity contribution in [3.8, 4) is 11.5 Å². The van der Waals surface area contributed by atoms with Crippen LogP contribution in [0.2, 0.25) is 10.0 Å². The fraction of sp³-hybridized carbons (Fsp3) is 0.400. The summed E-state index contributed by atoms with van der Waals surface area (Å²) < 4.78 is 30.1. The summed E-state index contributed by atoms with van der Waals surface area (Å²) >= 11 is 12.0. The lowest BCUT2D eigenvalue weighted by Gasteiger charge is -2.29. The molecular weight excluding hydrogens is 403 g/mol. The summed E-state index contributed by atoms with van der Waals surface area (Å²) in [5.41, 5.74) is 0.491. The second kappa shape index (κ2) is 7.51. The van der Waals surface area contributed by atoms with Crippen molar-refractivity contribution in [3.05, 3.63) is 28.2 Å². The van der Waals surface area contributed by atoms with E-state index in [0.717, 1.165) is 6.26 Å². The Hall–Kier alpha value is -1.68. The summed E-state index contributed by atoms with van der Waals surface area (Å²) in [6.07, 6.45) is 2.33. The highest BCUT2D eigenvalue weighted by molar-refractivity contribution is 7.88. The van der Waals surface area contributed by atoms with Crippen molar-refractivity contribution >= 4 is 45.1 Å². The number of carbonyl (C=O) groups is 1. The van der Waals surface area contributed by atoms with Crippen LogP contribution in [0.3, 0.4) is 0 Å². The van der Waals surface area contributed by atoms with Crippen LogP contribution in [0.15, 0.2) is 22.6 Å². The fourth-order valence-electron chi connectivity index (χ4n) is 2.71. The number of anilines is 1. The maximum Gasteiger partial charge on any atom is 0.322 e. The van der Waals surface area contributed by atoms with Gasteiger partial charge in [0.05, 0.1) is 22.8 Å². The van der Waals surface area contributed by atoms with Gasteiger partial charge in [0.15, 0.2) is 0 Å². The van der Waals surface area contributed by atoms with Crippen LogP contribution in [0, 0.1) is 5.92 Å². The summed E-state index contributed by atoms with van der Waals surface area (Å²) in [6, 6.07) is 4.73. The Balaban J connectivity index is 1.70. The third-order valence-corrected chi connectivity index (χ3v) is 5.86. The van der Waals surface area contributed by atoms with Crippen molar-refractivity contribution in [1.82, 2.24) is 14.5 Å². The van der Waals surface area contributed by atoms with Crippen LogP contribution in [-0.4, -0.2) is 48.2 Å². The first-order chi connectivity index (χ1) is 12.2. The van der Waals surface area contributed by atoms with Gasteiger partial charge in [0.25, 0.3) is 5.89 Å². The molecule has 2 aromatic rings. The molecule has 1 aromatic heterocycles. The SMILES string of the molecule is CS(=O)(=O)N1CCCC(C(=O)Nc2nnc(-c3ccc(Cl)cc3Cl)o2)C1. The lowest BCUT2D eigenvalue weighted by atomic mass is 9.99. The van der Waals surface area contributed by atoms with Crippen molar-refractivity contribution in [2.75, 3.05) is 24.7 Å². The zero-order chi connectivity index (χ0) is 18.9. The second-order valence-corrected chi connectivity index (χ2v) is 8.81.